The summed E-state index contributed by atoms with van der Waals surface area (Å²) < 4.78 is 5.59. The first-order chi connectivity index (χ1) is 8.59. The van der Waals surface area contributed by atoms with Gasteiger partial charge in [0.15, 0.2) is 0 Å². The van der Waals surface area contributed by atoms with E-state index in [0.717, 1.165) is 31.6 Å². The standard InChI is InChI=1S/C15H30N2O/c1-13(14-5-4-7-16-11-14)6-8-17-9-10-18-12-15(17,2)3/h13-14,16H,4-12H2,1-3H3. The maximum Gasteiger partial charge on any atom is 0.0645 e. The van der Waals surface area contributed by atoms with Crippen LogP contribution in [0.15, 0.2) is 0 Å². The number of hydrogen-bond acceptors (Lipinski definition) is 3. The van der Waals surface area contributed by atoms with Gasteiger partial charge in [-0.15, -0.1) is 0 Å². The Labute approximate surface area is 112 Å². The van der Waals surface area contributed by atoms with Gasteiger partial charge in [0.05, 0.1) is 13.2 Å². The van der Waals surface area contributed by atoms with Crippen molar-refractivity contribution in [3.8, 4) is 0 Å². The smallest absolute Gasteiger partial charge is 0.0645 e. The van der Waals surface area contributed by atoms with Gasteiger partial charge >= 0.3 is 0 Å². The molecule has 2 heterocycles. The van der Waals surface area contributed by atoms with Gasteiger partial charge in [0, 0.05) is 12.1 Å². The number of piperidine rings is 1. The predicted molar refractivity (Wildman–Crippen MR) is 75.8 cm³/mol. The van der Waals surface area contributed by atoms with E-state index in [1.54, 1.807) is 0 Å². The molecule has 0 spiro atoms. The van der Waals surface area contributed by atoms with Gasteiger partial charge in [0.2, 0.25) is 0 Å². The summed E-state index contributed by atoms with van der Waals surface area (Å²) in [5, 5.41) is 3.54. The van der Waals surface area contributed by atoms with Gasteiger partial charge < -0.3 is 10.1 Å². The maximum atomic E-state index is 5.59. The molecule has 0 aromatic carbocycles. The summed E-state index contributed by atoms with van der Waals surface area (Å²) in [5.74, 6) is 1.74. The van der Waals surface area contributed by atoms with Crippen LogP contribution in [0.5, 0.6) is 0 Å². The number of nitrogens with one attached hydrogen (secondary N) is 1. The second kappa shape index (κ2) is 6.36. The van der Waals surface area contributed by atoms with Crippen LogP contribution in [0.1, 0.15) is 40.0 Å². The van der Waals surface area contributed by atoms with Crippen molar-refractivity contribution in [1.82, 2.24) is 10.2 Å². The van der Waals surface area contributed by atoms with Crippen molar-refractivity contribution in [3.63, 3.8) is 0 Å². The van der Waals surface area contributed by atoms with Crippen molar-refractivity contribution in [2.75, 3.05) is 39.4 Å². The molecule has 2 atom stereocenters. The van der Waals surface area contributed by atoms with Crippen molar-refractivity contribution >= 4 is 0 Å². The summed E-state index contributed by atoms with van der Waals surface area (Å²) in [4.78, 5) is 2.61. The zero-order valence-corrected chi connectivity index (χ0v) is 12.4. The Morgan fingerprint density at radius 3 is 2.94 bits per heavy atom. The number of rotatable bonds is 4. The number of nitrogens with zero attached hydrogens (tertiary/aromatic N) is 1. The van der Waals surface area contributed by atoms with Crippen LogP contribution in [-0.4, -0.2) is 49.8 Å². The Morgan fingerprint density at radius 2 is 2.28 bits per heavy atom. The molecule has 2 aliphatic rings. The topological polar surface area (TPSA) is 24.5 Å². The Hall–Kier alpha value is -0.120. The fourth-order valence-corrected chi connectivity index (χ4v) is 3.26. The molecule has 0 aromatic rings. The molecule has 0 amide bonds. The fourth-order valence-electron chi connectivity index (χ4n) is 3.26. The van der Waals surface area contributed by atoms with Gasteiger partial charge in [-0.1, -0.05) is 6.92 Å². The molecule has 1 N–H and O–H groups in total. The molecule has 18 heavy (non-hydrogen) atoms. The lowest BCUT2D eigenvalue weighted by molar-refractivity contribution is -0.0534. The molecule has 2 aliphatic heterocycles. The normalized spacial score (nSPS) is 31.2. The van der Waals surface area contributed by atoms with Gasteiger partial charge in [-0.3, -0.25) is 4.90 Å². The monoisotopic (exact) mass is 254 g/mol. The largest absolute Gasteiger partial charge is 0.378 e. The van der Waals surface area contributed by atoms with Crippen LogP contribution in [-0.2, 0) is 4.74 Å². The summed E-state index contributed by atoms with van der Waals surface area (Å²) in [6.45, 7) is 13.6. The number of morpholine rings is 1. The minimum atomic E-state index is 0.225. The van der Waals surface area contributed by atoms with Crippen LogP contribution in [0, 0.1) is 11.8 Å². The lowest BCUT2D eigenvalue weighted by atomic mass is 9.85. The summed E-state index contributed by atoms with van der Waals surface area (Å²) in [5.41, 5.74) is 0.225. The first-order valence-corrected chi connectivity index (χ1v) is 7.63. The molecule has 0 aromatic heterocycles. The van der Waals surface area contributed by atoms with Crippen LogP contribution in [0.4, 0.5) is 0 Å². The second-order valence-corrected chi connectivity index (χ2v) is 6.72. The lowest BCUT2D eigenvalue weighted by Crippen LogP contribution is -2.53. The molecule has 0 aliphatic carbocycles. The molecule has 0 bridgehead atoms. The van der Waals surface area contributed by atoms with E-state index >= 15 is 0 Å². The minimum Gasteiger partial charge on any atom is -0.378 e. The number of hydrogen-bond donors (Lipinski definition) is 1. The van der Waals surface area contributed by atoms with Crippen molar-refractivity contribution < 1.29 is 4.74 Å². The van der Waals surface area contributed by atoms with Crippen molar-refractivity contribution in [2.45, 2.75) is 45.6 Å². The Morgan fingerprint density at radius 1 is 1.44 bits per heavy atom. The molecular formula is C15H30N2O. The molecule has 2 rings (SSSR count). The molecular weight excluding hydrogens is 224 g/mol. The van der Waals surface area contributed by atoms with E-state index in [1.165, 1.54) is 38.9 Å². The average molecular weight is 254 g/mol. The van der Waals surface area contributed by atoms with Gasteiger partial charge in [0.25, 0.3) is 0 Å². The summed E-state index contributed by atoms with van der Waals surface area (Å²) in [6.07, 6.45) is 4.11. The molecule has 3 nitrogen and oxygen atoms in total. The quantitative estimate of drug-likeness (QED) is 0.832. The zero-order chi connectivity index (χ0) is 13.0. The summed E-state index contributed by atoms with van der Waals surface area (Å²) >= 11 is 0. The Bertz CT molecular complexity index is 249. The molecule has 3 heteroatoms. The average Bonchev–Trinajstić information content (AvgIpc) is 2.38. The highest BCUT2D eigenvalue weighted by Gasteiger charge is 2.30. The van der Waals surface area contributed by atoms with E-state index in [-0.39, 0.29) is 5.54 Å². The van der Waals surface area contributed by atoms with E-state index < -0.39 is 0 Å². The van der Waals surface area contributed by atoms with E-state index in [0.29, 0.717) is 0 Å². The van der Waals surface area contributed by atoms with Gasteiger partial charge in [-0.2, -0.15) is 0 Å². The third kappa shape index (κ3) is 3.69. The first-order valence-electron chi connectivity index (χ1n) is 7.63. The summed E-state index contributed by atoms with van der Waals surface area (Å²) in [7, 11) is 0. The van der Waals surface area contributed by atoms with Crippen LogP contribution >= 0.6 is 0 Å². The van der Waals surface area contributed by atoms with Gasteiger partial charge in [0.1, 0.15) is 0 Å². The highest BCUT2D eigenvalue weighted by atomic mass is 16.5. The Kier molecular flexibility index (Phi) is 5.05. The van der Waals surface area contributed by atoms with Gasteiger partial charge in [-0.25, -0.2) is 0 Å². The van der Waals surface area contributed by atoms with Crippen molar-refractivity contribution in [2.24, 2.45) is 11.8 Å². The SMILES string of the molecule is CC(CCN1CCOCC1(C)C)C1CCCNC1. The Balaban J connectivity index is 1.75. The predicted octanol–water partition coefficient (Wildman–Crippen LogP) is 2.12. The molecule has 2 unspecified atom stereocenters. The maximum absolute atomic E-state index is 5.59. The molecule has 2 fully saturated rings. The highest BCUT2D eigenvalue weighted by Crippen LogP contribution is 2.25. The molecule has 0 saturated carbocycles. The fraction of sp³-hybridized carbons (Fsp3) is 1.00. The van der Waals surface area contributed by atoms with Gasteiger partial charge in [-0.05, 0) is 64.6 Å². The molecule has 106 valence electrons. The van der Waals surface area contributed by atoms with E-state index in [4.69, 9.17) is 4.74 Å². The second-order valence-electron chi connectivity index (χ2n) is 6.72. The minimum absolute atomic E-state index is 0.225. The highest BCUT2D eigenvalue weighted by molar-refractivity contribution is 4.85. The van der Waals surface area contributed by atoms with Crippen molar-refractivity contribution in [1.29, 1.82) is 0 Å². The first kappa shape index (κ1) is 14.3. The third-order valence-corrected chi connectivity index (χ3v) is 4.81. The van der Waals surface area contributed by atoms with E-state index in [9.17, 15) is 0 Å². The van der Waals surface area contributed by atoms with E-state index in [1.807, 2.05) is 0 Å². The number of ether oxygens (including phenoxy) is 1. The van der Waals surface area contributed by atoms with Crippen LogP contribution in [0.3, 0.4) is 0 Å². The summed E-state index contributed by atoms with van der Waals surface area (Å²) in [6, 6.07) is 0. The molecule has 0 radical (unpaired) electrons. The van der Waals surface area contributed by atoms with Crippen LogP contribution in [0.2, 0.25) is 0 Å². The van der Waals surface area contributed by atoms with Crippen LogP contribution in [0.25, 0.3) is 0 Å². The molecule has 2 saturated heterocycles. The van der Waals surface area contributed by atoms with Crippen LogP contribution < -0.4 is 5.32 Å². The zero-order valence-electron chi connectivity index (χ0n) is 12.4. The van der Waals surface area contributed by atoms with E-state index in [2.05, 4.69) is 31.0 Å². The third-order valence-electron chi connectivity index (χ3n) is 4.81. The van der Waals surface area contributed by atoms with Crippen molar-refractivity contribution in [3.05, 3.63) is 0 Å². The lowest BCUT2D eigenvalue weighted by Gasteiger charge is -2.43.